The van der Waals surface area contributed by atoms with E-state index in [1.54, 1.807) is 0 Å². The van der Waals surface area contributed by atoms with Gasteiger partial charge in [-0.05, 0) is 120 Å². The lowest BCUT2D eigenvalue weighted by molar-refractivity contribution is 0.660. The second-order valence-electron chi connectivity index (χ2n) is 18.1. The number of nitrogens with zero attached hydrogens (tertiary/aromatic N) is 1. The molecule has 280 valence electrons. The first-order valence-electron chi connectivity index (χ1n) is 20.8. The topological polar surface area (TPSA) is 3.24 Å². The zero-order valence-electron chi connectivity index (χ0n) is 34.2. The van der Waals surface area contributed by atoms with Crippen LogP contribution in [-0.2, 0) is 16.2 Å². The highest BCUT2D eigenvalue weighted by molar-refractivity contribution is 5.99. The Balaban J connectivity index is 1.12. The number of hydrogen-bond acceptors (Lipinski definition) is 1. The third-order valence-corrected chi connectivity index (χ3v) is 13.9. The molecule has 8 aromatic carbocycles. The maximum absolute atomic E-state index is 2.51. The Bertz CT molecular complexity index is 2990. The molecular formula is C57H47N. The first-order valence-corrected chi connectivity index (χ1v) is 20.8. The van der Waals surface area contributed by atoms with E-state index >= 15 is 0 Å². The molecule has 0 heterocycles. The van der Waals surface area contributed by atoms with Crippen LogP contribution in [0.25, 0.3) is 55.6 Å². The van der Waals surface area contributed by atoms with Crippen LogP contribution < -0.4 is 4.90 Å². The van der Waals surface area contributed by atoms with Crippen LogP contribution in [0.5, 0.6) is 0 Å². The molecule has 3 aliphatic carbocycles. The zero-order valence-corrected chi connectivity index (χ0v) is 34.2. The third-order valence-electron chi connectivity index (χ3n) is 13.9. The number of anilines is 3. The van der Waals surface area contributed by atoms with E-state index in [1.165, 1.54) is 89.0 Å². The van der Waals surface area contributed by atoms with Crippen LogP contribution in [-0.4, -0.2) is 0 Å². The Labute approximate surface area is 343 Å². The standard InChI is InChI=1S/C57H47N/c1-55(2)48-25-12-8-20-41(48)46-34-37(29-32-50(46)55)36-17-15-18-38(33-36)58(39-30-31-42-40-19-7-11-24-47(40)57(5,6)52(42)35-39)53-28-14-10-21-43(53)44-23-16-27-51-54(44)45-22-9-13-26-49(45)56(51,3)4/h7-35H,1-6H3. The van der Waals surface area contributed by atoms with Gasteiger partial charge in [0.2, 0.25) is 0 Å². The van der Waals surface area contributed by atoms with Gasteiger partial charge in [-0.3, -0.25) is 0 Å². The van der Waals surface area contributed by atoms with Gasteiger partial charge in [0.25, 0.3) is 0 Å². The van der Waals surface area contributed by atoms with Crippen molar-refractivity contribution in [2.24, 2.45) is 0 Å². The van der Waals surface area contributed by atoms with E-state index in [-0.39, 0.29) is 16.2 Å². The first-order chi connectivity index (χ1) is 28.0. The summed E-state index contributed by atoms with van der Waals surface area (Å²) in [5.41, 5.74) is 24.5. The normalized spacial score (nSPS) is 15.5. The van der Waals surface area contributed by atoms with Crippen LogP contribution >= 0.6 is 0 Å². The maximum atomic E-state index is 2.51. The second kappa shape index (κ2) is 12.3. The SMILES string of the molecule is CC1(C)c2ccccc2-c2cc(-c3cccc(N(c4ccc5c(c4)C(C)(C)c4ccccc4-5)c4ccccc4-c4cccc5c4-c4ccccc4C5(C)C)c3)ccc21. The molecule has 0 saturated heterocycles. The van der Waals surface area contributed by atoms with Gasteiger partial charge in [0.15, 0.2) is 0 Å². The largest absolute Gasteiger partial charge is 0.310 e. The fraction of sp³-hybridized carbons (Fsp3) is 0.158. The number of para-hydroxylation sites is 1. The van der Waals surface area contributed by atoms with E-state index in [2.05, 4.69) is 222 Å². The summed E-state index contributed by atoms with van der Waals surface area (Å²) in [6.07, 6.45) is 0. The summed E-state index contributed by atoms with van der Waals surface area (Å²) in [7, 11) is 0. The molecular weight excluding hydrogens is 699 g/mol. The fourth-order valence-electron chi connectivity index (χ4n) is 10.9. The second-order valence-corrected chi connectivity index (χ2v) is 18.1. The van der Waals surface area contributed by atoms with Crippen LogP contribution in [0.2, 0.25) is 0 Å². The molecule has 0 spiro atoms. The van der Waals surface area contributed by atoms with E-state index < -0.39 is 0 Å². The molecule has 0 atom stereocenters. The average molecular weight is 746 g/mol. The predicted octanol–water partition coefficient (Wildman–Crippen LogP) is 15.4. The number of hydrogen-bond donors (Lipinski definition) is 0. The van der Waals surface area contributed by atoms with Gasteiger partial charge in [0.05, 0.1) is 5.69 Å². The molecule has 8 aromatic rings. The van der Waals surface area contributed by atoms with E-state index in [0.717, 1.165) is 17.1 Å². The summed E-state index contributed by atoms with van der Waals surface area (Å²) < 4.78 is 0. The van der Waals surface area contributed by atoms with Gasteiger partial charge in [-0.25, -0.2) is 0 Å². The van der Waals surface area contributed by atoms with Crippen molar-refractivity contribution in [3.63, 3.8) is 0 Å². The summed E-state index contributed by atoms with van der Waals surface area (Å²) in [5, 5.41) is 0. The molecule has 0 amide bonds. The molecule has 0 saturated carbocycles. The Morgan fingerprint density at radius 2 is 0.776 bits per heavy atom. The molecule has 0 unspecified atom stereocenters. The Morgan fingerprint density at radius 3 is 1.52 bits per heavy atom. The summed E-state index contributed by atoms with van der Waals surface area (Å²) in [6.45, 7) is 14.2. The molecule has 58 heavy (non-hydrogen) atoms. The summed E-state index contributed by atoms with van der Waals surface area (Å²) in [4.78, 5) is 2.51. The van der Waals surface area contributed by atoms with Crippen LogP contribution in [0.1, 0.15) is 74.9 Å². The van der Waals surface area contributed by atoms with Gasteiger partial charge in [-0.2, -0.15) is 0 Å². The Morgan fingerprint density at radius 1 is 0.293 bits per heavy atom. The van der Waals surface area contributed by atoms with Gasteiger partial charge in [0, 0.05) is 33.2 Å². The smallest absolute Gasteiger partial charge is 0.0540 e. The lowest BCUT2D eigenvalue weighted by atomic mass is 9.82. The van der Waals surface area contributed by atoms with Crippen molar-refractivity contribution in [3.05, 3.63) is 209 Å². The van der Waals surface area contributed by atoms with Gasteiger partial charge in [-0.15, -0.1) is 0 Å². The molecule has 0 aromatic heterocycles. The van der Waals surface area contributed by atoms with Crippen molar-refractivity contribution in [2.75, 3.05) is 4.90 Å². The summed E-state index contributed by atoms with van der Waals surface area (Å²) >= 11 is 0. The predicted molar refractivity (Wildman–Crippen MR) is 245 cm³/mol. The molecule has 11 rings (SSSR count). The zero-order chi connectivity index (χ0) is 39.6. The van der Waals surface area contributed by atoms with E-state index in [1.807, 2.05) is 0 Å². The van der Waals surface area contributed by atoms with Crippen molar-refractivity contribution >= 4 is 17.1 Å². The highest BCUT2D eigenvalue weighted by atomic mass is 15.1. The summed E-state index contributed by atoms with van der Waals surface area (Å²) in [5.74, 6) is 0. The maximum Gasteiger partial charge on any atom is 0.0540 e. The van der Waals surface area contributed by atoms with Gasteiger partial charge >= 0.3 is 0 Å². The highest BCUT2D eigenvalue weighted by Gasteiger charge is 2.39. The Kier molecular flexibility index (Phi) is 7.36. The Hall–Kier alpha value is -6.44. The lowest BCUT2D eigenvalue weighted by Crippen LogP contribution is -2.17. The van der Waals surface area contributed by atoms with E-state index in [9.17, 15) is 0 Å². The van der Waals surface area contributed by atoms with Gasteiger partial charge in [-0.1, -0.05) is 181 Å². The average Bonchev–Trinajstić information content (AvgIpc) is 3.74. The molecule has 1 heteroatoms. The molecule has 0 aliphatic heterocycles. The van der Waals surface area contributed by atoms with Crippen LogP contribution in [0.3, 0.4) is 0 Å². The lowest BCUT2D eigenvalue weighted by Gasteiger charge is -2.30. The van der Waals surface area contributed by atoms with Crippen LogP contribution in [0.4, 0.5) is 17.1 Å². The molecule has 0 N–H and O–H groups in total. The third kappa shape index (κ3) is 4.83. The van der Waals surface area contributed by atoms with Crippen LogP contribution in [0, 0.1) is 0 Å². The highest BCUT2D eigenvalue weighted by Crippen LogP contribution is 2.55. The van der Waals surface area contributed by atoms with Crippen LogP contribution in [0.15, 0.2) is 176 Å². The number of rotatable bonds is 5. The van der Waals surface area contributed by atoms with Gasteiger partial charge in [0.1, 0.15) is 0 Å². The van der Waals surface area contributed by atoms with E-state index in [4.69, 9.17) is 0 Å². The summed E-state index contributed by atoms with van der Waals surface area (Å²) in [6, 6.07) is 66.2. The molecule has 3 aliphatic rings. The minimum absolute atomic E-state index is 0.0266. The quantitative estimate of drug-likeness (QED) is 0.170. The van der Waals surface area contributed by atoms with Crippen molar-refractivity contribution in [1.29, 1.82) is 0 Å². The van der Waals surface area contributed by atoms with Crippen molar-refractivity contribution in [1.82, 2.24) is 0 Å². The molecule has 1 nitrogen and oxygen atoms in total. The van der Waals surface area contributed by atoms with Crippen molar-refractivity contribution in [3.8, 4) is 55.6 Å². The molecule has 0 bridgehead atoms. The molecule has 0 radical (unpaired) electrons. The van der Waals surface area contributed by atoms with Gasteiger partial charge < -0.3 is 4.90 Å². The van der Waals surface area contributed by atoms with Crippen molar-refractivity contribution < 1.29 is 0 Å². The van der Waals surface area contributed by atoms with E-state index in [0.29, 0.717) is 0 Å². The molecule has 0 fully saturated rings. The fourth-order valence-corrected chi connectivity index (χ4v) is 10.9. The van der Waals surface area contributed by atoms with Crippen molar-refractivity contribution in [2.45, 2.75) is 57.8 Å². The number of benzene rings is 8. The first kappa shape index (κ1) is 34.8. The minimum Gasteiger partial charge on any atom is -0.310 e. The minimum atomic E-state index is -0.126. The monoisotopic (exact) mass is 745 g/mol. The number of fused-ring (bicyclic) bond motifs is 9.